The quantitative estimate of drug-likeness (QED) is 0.296. The van der Waals surface area contributed by atoms with Crippen LogP contribution in [-0.2, 0) is 22.4 Å². The molecule has 2 amide bonds. The lowest BCUT2D eigenvalue weighted by Gasteiger charge is -2.34. The summed E-state index contributed by atoms with van der Waals surface area (Å²) in [7, 11) is 0. The van der Waals surface area contributed by atoms with Gasteiger partial charge in [0.2, 0.25) is 11.8 Å². The number of likely N-dealkylation sites (tertiary alicyclic amines) is 1. The van der Waals surface area contributed by atoms with Crippen LogP contribution in [-0.4, -0.2) is 76.5 Å². The maximum atomic E-state index is 13.5. The maximum absolute atomic E-state index is 13.5. The lowest BCUT2D eigenvalue weighted by atomic mass is 10.0. The molecule has 1 atom stereocenters. The van der Waals surface area contributed by atoms with Gasteiger partial charge in [-0.1, -0.05) is 36.4 Å². The van der Waals surface area contributed by atoms with Crippen molar-refractivity contribution in [3.8, 4) is 11.4 Å². The first kappa shape index (κ1) is 26.6. The molecule has 0 saturated carbocycles. The minimum absolute atomic E-state index is 0.0748. The third-order valence-corrected chi connectivity index (χ3v) is 7.19. The van der Waals surface area contributed by atoms with Gasteiger partial charge in [-0.15, -0.1) is 0 Å². The van der Waals surface area contributed by atoms with E-state index in [1.165, 1.54) is 6.92 Å². The van der Waals surface area contributed by atoms with Gasteiger partial charge in [-0.3, -0.25) is 14.6 Å². The Bertz CT molecular complexity index is 1260. The monoisotopic (exact) mass is 528 g/mol. The SMILES string of the molecule is CC(=O)NCCNc1nc(-c2ccccc2)nc2c1CC(C(=O)N1CCC(NCCc3ccccn3)CC1)N2. The predicted octanol–water partition coefficient (Wildman–Crippen LogP) is 2.25. The summed E-state index contributed by atoms with van der Waals surface area (Å²) in [5, 5.41) is 13.1. The standard InChI is InChI=1S/C29H36N8O2/c1-20(38)30-15-16-33-27-24-19-25(34-28(24)36-26(35-27)21-7-3-2-4-8-21)29(39)37-17-11-23(12-18-37)32-14-10-22-9-5-6-13-31-22/h2-9,13,23,25,32H,10-12,14-19H2,1H3,(H,30,38)(H2,33,34,35,36). The van der Waals surface area contributed by atoms with Crippen LogP contribution in [0.15, 0.2) is 54.7 Å². The summed E-state index contributed by atoms with van der Waals surface area (Å²) in [4.78, 5) is 40.7. The fourth-order valence-corrected chi connectivity index (χ4v) is 5.12. The van der Waals surface area contributed by atoms with E-state index in [2.05, 4.69) is 26.3 Å². The molecular weight excluding hydrogens is 492 g/mol. The number of anilines is 2. The zero-order valence-electron chi connectivity index (χ0n) is 22.3. The molecule has 4 N–H and O–H groups in total. The molecule has 0 bridgehead atoms. The maximum Gasteiger partial charge on any atom is 0.245 e. The Hall–Kier alpha value is -4.05. The Kier molecular flexibility index (Phi) is 8.62. The van der Waals surface area contributed by atoms with Crippen molar-refractivity contribution in [3.63, 3.8) is 0 Å². The van der Waals surface area contributed by atoms with Gasteiger partial charge in [-0.2, -0.15) is 0 Å². The number of benzene rings is 1. The number of aromatic nitrogens is 3. The van der Waals surface area contributed by atoms with Gasteiger partial charge in [-0.25, -0.2) is 9.97 Å². The van der Waals surface area contributed by atoms with E-state index in [1.54, 1.807) is 0 Å². The summed E-state index contributed by atoms with van der Waals surface area (Å²) in [5.74, 6) is 2.01. The molecule has 0 spiro atoms. The summed E-state index contributed by atoms with van der Waals surface area (Å²) in [6.45, 7) is 4.85. The zero-order chi connectivity index (χ0) is 27.0. The van der Waals surface area contributed by atoms with Crippen LogP contribution < -0.4 is 21.3 Å². The summed E-state index contributed by atoms with van der Waals surface area (Å²) in [5.41, 5.74) is 2.90. The first-order valence-electron chi connectivity index (χ1n) is 13.7. The van der Waals surface area contributed by atoms with Crippen LogP contribution in [0.5, 0.6) is 0 Å². The van der Waals surface area contributed by atoms with Crippen LogP contribution >= 0.6 is 0 Å². The summed E-state index contributed by atoms with van der Waals surface area (Å²) >= 11 is 0. The second kappa shape index (κ2) is 12.7. The van der Waals surface area contributed by atoms with Gasteiger partial charge in [0.15, 0.2) is 5.82 Å². The highest BCUT2D eigenvalue weighted by Crippen LogP contribution is 2.33. The number of amides is 2. The van der Waals surface area contributed by atoms with E-state index < -0.39 is 0 Å². The molecule has 1 fully saturated rings. The molecule has 0 aliphatic carbocycles. The number of nitrogens with zero attached hydrogens (tertiary/aromatic N) is 4. The molecule has 0 radical (unpaired) electrons. The van der Waals surface area contributed by atoms with E-state index in [0.29, 0.717) is 43.0 Å². The summed E-state index contributed by atoms with van der Waals surface area (Å²) in [6, 6.07) is 15.8. The first-order valence-corrected chi connectivity index (χ1v) is 13.7. The van der Waals surface area contributed by atoms with E-state index in [9.17, 15) is 9.59 Å². The molecule has 39 heavy (non-hydrogen) atoms. The molecule has 5 rings (SSSR count). The number of carbonyl (C=O) groups is 2. The highest BCUT2D eigenvalue weighted by molar-refractivity contribution is 5.88. The van der Waals surface area contributed by atoms with E-state index in [0.717, 1.165) is 55.7 Å². The average Bonchev–Trinajstić information content (AvgIpc) is 3.41. The van der Waals surface area contributed by atoms with Gasteiger partial charge in [0, 0.05) is 81.5 Å². The van der Waals surface area contributed by atoms with Crippen molar-refractivity contribution in [2.45, 2.75) is 44.7 Å². The second-order valence-electron chi connectivity index (χ2n) is 10.0. The summed E-state index contributed by atoms with van der Waals surface area (Å²) < 4.78 is 0. The number of fused-ring (bicyclic) bond motifs is 1. The van der Waals surface area contributed by atoms with Crippen LogP contribution in [0, 0.1) is 0 Å². The number of nitrogens with one attached hydrogen (secondary N) is 4. The molecule has 1 saturated heterocycles. The van der Waals surface area contributed by atoms with Crippen molar-refractivity contribution in [2.75, 3.05) is 43.4 Å². The molecule has 4 heterocycles. The topological polar surface area (TPSA) is 124 Å². The summed E-state index contributed by atoms with van der Waals surface area (Å²) in [6.07, 6.45) is 5.11. The number of hydrogen-bond acceptors (Lipinski definition) is 8. The Labute approximate surface area is 229 Å². The zero-order valence-corrected chi connectivity index (χ0v) is 22.3. The predicted molar refractivity (Wildman–Crippen MR) is 151 cm³/mol. The number of pyridine rings is 1. The lowest BCUT2D eigenvalue weighted by molar-refractivity contribution is -0.133. The molecular formula is C29H36N8O2. The van der Waals surface area contributed by atoms with E-state index in [-0.39, 0.29) is 17.9 Å². The molecule has 204 valence electrons. The molecule has 10 nitrogen and oxygen atoms in total. The largest absolute Gasteiger partial charge is 0.368 e. The van der Waals surface area contributed by atoms with Gasteiger partial charge < -0.3 is 26.2 Å². The minimum Gasteiger partial charge on any atom is -0.368 e. The molecule has 3 aromatic rings. The van der Waals surface area contributed by atoms with Crippen molar-refractivity contribution in [3.05, 3.63) is 66.0 Å². The van der Waals surface area contributed by atoms with Crippen molar-refractivity contribution in [1.29, 1.82) is 0 Å². The normalized spacial score (nSPS) is 16.8. The van der Waals surface area contributed by atoms with E-state index in [4.69, 9.17) is 9.97 Å². The second-order valence-corrected chi connectivity index (χ2v) is 10.0. The number of rotatable bonds is 10. The smallest absolute Gasteiger partial charge is 0.245 e. The Balaban J connectivity index is 1.19. The van der Waals surface area contributed by atoms with Crippen LogP contribution in [0.25, 0.3) is 11.4 Å². The minimum atomic E-state index is -0.370. The molecule has 2 aliphatic heterocycles. The van der Waals surface area contributed by atoms with Crippen molar-refractivity contribution >= 4 is 23.5 Å². The first-order chi connectivity index (χ1) is 19.1. The fourth-order valence-electron chi connectivity index (χ4n) is 5.12. The molecule has 10 heteroatoms. The van der Waals surface area contributed by atoms with E-state index in [1.807, 2.05) is 59.6 Å². The van der Waals surface area contributed by atoms with Gasteiger partial charge in [0.25, 0.3) is 0 Å². The molecule has 1 aromatic carbocycles. The van der Waals surface area contributed by atoms with Gasteiger partial charge in [0.05, 0.1) is 0 Å². The van der Waals surface area contributed by atoms with Crippen molar-refractivity contribution in [2.24, 2.45) is 0 Å². The highest BCUT2D eigenvalue weighted by atomic mass is 16.2. The van der Waals surface area contributed by atoms with Crippen molar-refractivity contribution in [1.82, 2.24) is 30.5 Å². The number of carbonyl (C=O) groups excluding carboxylic acids is 2. The van der Waals surface area contributed by atoms with Crippen LogP contribution in [0.1, 0.15) is 31.0 Å². The Morgan fingerprint density at radius 1 is 1.00 bits per heavy atom. The highest BCUT2D eigenvalue weighted by Gasteiger charge is 2.35. The molecule has 2 aromatic heterocycles. The van der Waals surface area contributed by atoms with Gasteiger partial charge >= 0.3 is 0 Å². The fraction of sp³-hybridized carbons (Fsp3) is 0.414. The lowest BCUT2D eigenvalue weighted by Crippen LogP contribution is -2.49. The molecule has 2 aliphatic rings. The Morgan fingerprint density at radius 3 is 2.54 bits per heavy atom. The molecule has 1 unspecified atom stereocenters. The van der Waals surface area contributed by atoms with Gasteiger partial charge in [-0.05, 0) is 25.0 Å². The van der Waals surface area contributed by atoms with Crippen molar-refractivity contribution < 1.29 is 9.59 Å². The Morgan fingerprint density at radius 2 is 1.79 bits per heavy atom. The number of hydrogen-bond donors (Lipinski definition) is 4. The van der Waals surface area contributed by atoms with E-state index >= 15 is 0 Å². The third-order valence-electron chi connectivity index (χ3n) is 7.19. The van der Waals surface area contributed by atoms with Crippen LogP contribution in [0.3, 0.4) is 0 Å². The third kappa shape index (κ3) is 6.88. The van der Waals surface area contributed by atoms with Gasteiger partial charge in [0.1, 0.15) is 17.7 Å². The van der Waals surface area contributed by atoms with Crippen LogP contribution in [0.2, 0.25) is 0 Å². The average molecular weight is 529 g/mol. The van der Waals surface area contributed by atoms with Crippen LogP contribution in [0.4, 0.5) is 11.6 Å². The number of piperidine rings is 1.